The smallest absolute Gasteiger partial charge is 0.261 e. The second kappa shape index (κ2) is 6.85. The molecule has 0 spiro atoms. The van der Waals surface area contributed by atoms with E-state index < -0.39 is 36.5 Å². The third-order valence-corrected chi connectivity index (χ3v) is 5.69. The van der Waals surface area contributed by atoms with Gasteiger partial charge in [-0.2, -0.15) is 0 Å². The number of carbonyl (C=O) groups is 1. The van der Waals surface area contributed by atoms with Crippen LogP contribution in [0.2, 0.25) is 0 Å². The van der Waals surface area contributed by atoms with Gasteiger partial charge in [0.25, 0.3) is 15.0 Å². The van der Waals surface area contributed by atoms with E-state index in [9.17, 15) is 21.8 Å². The molecule has 5 nitrogen and oxygen atoms in total. The van der Waals surface area contributed by atoms with Gasteiger partial charge in [-0.3, -0.25) is 9.00 Å². The van der Waals surface area contributed by atoms with Gasteiger partial charge in [-0.05, 0) is 26.0 Å². The third-order valence-electron chi connectivity index (χ3n) is 2.94. The van der Waals surface area contributed by atoms with Gasteiger partial charge in [0, 0.05) is 50.7 Å². The Kier molecular flexibility index (Phi) is 5.89. The quantitative estimate of drug-likeness (QED) is 0.813. The van der Waals surface area contributed by atoms with Crippen molar-refractivity contribution in [2.24, 2.45) is 0 Å². The summed E-state index contributed by atoms with van der Waals surface area (Å²) in [4.78, 5) is 11.5. The lowest BCUT2D eigenvalue weighted by Crippen LogP contribution is -2.32. The van der Waals surface area contributed by atoms with Crippen LogP contribution in [-0.4, -0.2) is 36.6 Å². The van der Waals surface area contributed by atoms with E-state index in [-0.39, 0.29) is 22.9 Å². The van der Waals surface area contributed by atoms with Crippen molar-refractivity contribution >= 4 is 36.4 Å². The normalized spacial score (nSPS) is 14.5. The second-order valence-electron chi connectivity index (χ2n) is 4.54. The summed E-state index contributed by atoms with van der Waals surface area (Å²) in [6, 6.07) is 1.95. The molecule has 0 aliphatic carbocycles. The molecule has 1 aromatic carbocycles. The fourth-order valence-electron chi connectivity index (χ4n) is 1.49. The largest absolute Gasteiger partial charge is 0.351 e. The van der Waals surface area contributed by atoms with Crippen LogP contribution in [0.25, 0.3) is 0 Å². The van der Waals surface area contributed by atoms with Gasteiger partial charge < -0.3 is 5.32 Å². The van der Waals surface area contributed by atoms with E-state index in [1.807, 2.05) is 0 Å². The maximum atomic E-state index is 13.7. The molecule has 0 aliphatic rings. The van der Waals surface area contributed by atoms with E-state index in [2.05, 4.69) is 5.32 Å². The molecule has 0 saturated heterocycles. The van der Waals surface area contributed by atoms with Crippen LogP contribution < -0.4 is 5.32 Å². The molecule has 0 aromatic heterocycles. The molecule has 2 atom stereocenters. The molecule has 0 radical (unpaired) electrons. The maximum absolute atomic E-state index is 13.7. The number of benzene rings is 1. The monoisotopic (exact) mass is 355 g/mol. The van der Waals surface area contributed by atoms with Crippen LogP contribution in [0.4, 0.5) is 4.39 Å². The molecule has 21 heavy (non-hydrogen) atoms. The van der Waals surface area contributed by atoms with Crippen LogP contribution in [0.3, 0.4) is 0 Å². The summed E-state index contributed by atoms with van der Waals surface area (Å²) in [5.41, 5.74) is -0.309. The van der Waals surface area contributed by atoms with Gasteiger partial charge in [0.15, 0.2) is 0 Å². The first-order valence-corrected chi connectivity index (χ1v) is 9.82. The molecule has 0 heterocycles. The summed E-state index contributed by atoms with van der Waals surface area (Å²) in [7, 11) is -0.0534. The maximum Gasteiger partial charge on any atom is 0.261 e. The van der Waals surface area contributed by atoms with E-state index in [4.69, 9.17) is 10.7 Å². The Balaban J connectivity index is 3.07. The van der Waals surface area contributed by atoms with Crippen molar-refractivity contribution in [2.75, 3.05) is 12.8 Å². The van der Waals surface area contributed by atoms with Crippen LogP contribution in [0.5, 0.6) is 0 Å². The Hall–Kier alpha value is -0.990. The van der Waals surface area contributed by atoms with Crippen LogP contribution in [0.15, 0.2) is 17.0 Å². The first-order valence-electron chi connectivity index (χ1n) is 5.89. The second-order valence-corrected chi connectivity index (χ2v) is 8.87. The predicted molar refractivity (Wildman–Crippen MR) is 80.0 cm³/mol. The van der Waals surface area contributed by atoms with Gasteiger partial charge in [-0.1, -0.05) is 0 Å². The number of hydrogen-bond donors (Lipinski definition) is 1. The van der Waals surface area contributed by atoms with Crippen LogP contribution in [0.1, 0.15) is 22.8 Å². The minimum Gasteiger partial charge on any atom is -0.351 e. The van der Waals surface area contributed by atoms with Crippen LogP contribution in [-0.2, 0) is 19.9 Å². The van der Waals surface area contributed by atoms with Crippen molar-refractivity contribution in [1.82, 2.24) is 5.32 Å². The summed E-state index contributed by atoms with van der Waals surface area (Å²) >= 11 is 0. The van der Waals surface area contributed by atoms with Gasteiger partial charge in [-0.25, -0.2) is 12.8 Å². The van der Waals surface area contributed by atoms with Gasteiger partial charge in [0.1, 0.15) is 5.82 Å². The summed E-state index contributed by atoms with van der Waals surface area (Å²) in [6.07, 6.45) is 1.50. The van der Waals surface area contributed by atoms with E-state index >= 15 is 0 Å². The summed E-state index contributed by atoms with van der Waals surface area (Å²) < 4.78 is 47.6. The molecule has 2 unspecified atom stereocenters. The van der Waals surface area contributed by atoms with Crippen molar-refractivity contribution in [3.8, 4) is 0 Å². The molecular formula is C12H15ClFNO4S2. The first-order chi connectivity index (χ1) is 9.54. The molecule has 0 saturated carbocycles. The lowest BCUT2D eigenvalue weighted by Gasteiger charge is -2.11. The average molecular weight is 356 g/mol. The van der Waals surface area contributed by atoms with Gasteiger partial charge >= 0.3 is 0 Å². The van der Waals surface area contributed by atoms with E-state index in [1.165, 1.54) is 13.2 Å². The standard InChI is InChI=1S/C12H15ClFNO4S2/c1-7(20(3)17)6-15-12(16)9-4-10(14)8(2)11(5-9)21(13,18)19/h4-5,7H,6H2,1-3H3,(H,15,16). The lowest BCUT2D eigenvalue weighted by atomic mass is 10.1. The number of halogens is 2. The number of hydrogen-bond acceptors (Lipinski definition) is 4. The average Bonchev–Trinajstić information content (AvgIpc) is 2.36. The van der Waals surface area contributed by atoms with Crippen molar-refractivity contribution in [1.29, 1.82) is 0 Å². The summed E-state index contributed by atoms with van der Waals surface area (Å²) in [5.74, 6) is -1.50. The highest BCUT2D eigenvalue weighted by molar-refractivity contribution is 8.13. The van der Waals surface area contributed by atoms with Gasteiger partial charge in [0.2, 0.25) is 0 Å². The van der Waals surface area contributed by atoms with Crippen molar-refractivity contribution in [3.63, 3.8) is 0 Å². The third kappa shape index (κ3) is 4.76. The van der Waals surface area contributed by atoms with Gasteiger partial charge in [0.05, 0.1) is 4.90 Å². The van der Waals surface area contributed by atoms with Crippen molar-refractivity contribution in [2.45, 2.75) is 24.0 Å². The van der Waals surface area contributed by atoms with Gasteiger partial charge in [-0.15, -0.1) is 0 Å². The first kappa shape index (κ1) is 18.1. The molecule has 0 fully saturated rings. The Labute approximate surface area is 129 Å². The highest BCUT2D eigenvalue weighted by Gasteiger charge is 2.20. The van der Waals surface area contributed by atoms with Crippen LogP contribution >= 0.6 is 10.7 Å². The lowest BCUT2D eigenvalue weighted by molar-refractivity contribution is 0.0953. The molecular weight excluding hydrogens is 341 g/mol. The minimum absolute atomic E-state index is 0.125. The number of carbonyl (C=O) groups excluding carboxylic acids is 1. The van der Waals surface area contributed by atoms with Crippen molar-refractivity contribution < 1.29 is 21.8 Å². The topological polar surface area (TPSA) is 80.3 Å². The highest BCUT2D eigenvalue weighted by Crippen LogP contribution is 2.23. The molecule has 9 heteroatoms. The zero-order valence-corrected chi connectivity index (χ0v) is 14.0. The number of amides is 1. The molecule has 0 bridgehead atoms. The Morgan fingerprint density at radius 2 is 2.05 bits per heavy atom. The predicted octanol–water partition coefficient (Wildman–Crippen LogP) is 1.56. The SMILES string of the molecule is Cc1c(F)cc(C(=O)NCC(C)S(C)=O)cc1S(=O)(=O)Cl. The number of rotatable bonds is 5. The molecule has 118 valence electrons. The zero-order valence-electron chi connectivity index (χ0n) is 11.6. The number of nitrogens with one attached hydrogen (secondary N) is 1. The Morgan fingerprint density at radius 3 is 2.52 bits per heavy atom. The van der Waals surface area contributed by atoms with Crippen molar-refractivity contribution in [3.05, 3.63) is 29.1 Å². The summed E-state index contributed by atoms with van der Waals surface area (Å²) in [6.45, 7) is 3.07. The molecule has 1 aromatic rings. The van der Waals surface area contributed by atoms with E-state index in [0.717, 1.165) is 12.1 Å². The fourth-order valence-corrected chi connectivity index (χ4v) is 3.02. The summed E-state index contributed by atoms with van der Waals surface area (Å²) in [5, 5.41) is 2.19. The van der Waals surface area contributed by atoms with Crippen LogP contribution in [0, 0.1) is 12.7 Å². The fraction of sp³-hybridized carbons (Fsp3) is 0.417. The molecule has 1 amide bonds. The minimum atomic E-state index is -4.15. The molecule has 0 aliphatic heterocycles. The Morgan fingerprint density at radius 1 is 1.48 bits per heavy atom. The Bertz CT molecular complexity index is 691. The van der Waals surface area contributed by atoms with E-state index in [1.54, 1.807) is 6.92 Å². The van der Waals surface area contributed by atoms with E-state index in [0.29, 0.717) is 0 Å². The zero-order chi connectivity index (χ0) is 16.4. The highest BCUT2D eigenvalue weighted by atomic mass is 35.7. The molecule has 1 N–H and O–H groups in total. The molecule has 1 rings (SSSR count).